The van der Waals surface area contributed by atoms with E-state index in [1.165, 1.54) is 13.2 Å². The summed E-state index contributed by atoms with van der Waals surface area (Å²) in [7, 11) is 2.88. The first kappa shape index (κ1) is 16.9. The molecule has 0 aliphatic heterocycles. The zero-order valence-corrected chi connectivity index (χ0v) is 11.8. The van der Waals surface area contributed by atoms with Gasteiger partial charge in [0.25, 0.3) is 0 Å². The lowest BCUT2D eigenvalue weighted by Gasteiger charge is -2.30. The van der Waals surface area contributed by atoms with Crippen molar-refractivity contribution in [2.75, 3.05) is 26.8 Å². The molecule has 0 amide bonds. The molecule has 5 nitrogen and oxygen atoms in total. The Balaban J connectivity index is 2.85. The molecule has 0 atom stereocenters. The quantitative estimate of drug-likeness (QED) is 0.817. The Morgan fingerprint density at radius 1 is 1.30 bits per heavy atom. The van der Waals surface area contributed by atoms with E-state index in [0.29, 0.717) is 0 Å². The first-order valence-electron chi connectivity index (χ1n) is 6.11. The van der Waals surface area contributed by atoms with Gasteiger partial charge < -0.3 is 15.1 Å². The molecule has 1 aromatic rings. The van der Waals surface area contributed by atoms with Crippen molar-refractivity contribution in [1.29, 1.82) is 0 Å². The fourth-order valence-corrected chi connectivity index (χ4v) is 2.11. The second-order valence-corrected chi connectivity index (χ2v) is 5.44. The van der Waals surface area contributed by atoms with Crippen LogP contribution in [-0.2, 0) is 19.8 Å². The molecule has 1 heterocycles. The van der Waals surface area contributed by atoms with Crippen LogP contribution in [0.4, 0.5) is 13.2 Å². The maximum atomic E-state index is 12.9. The number of aryl methyl sites for hydroxylation is 1. The molecule has 1 rings (SSSR count). The molecule has 8 heteroatoms. The summed E-state index contributed by atoms with van der Waals surface area (Å²) in [4.78, 5) is 1.62. The Bertz CT molecular complexity index is 442. The lowest BCUT2D eigenvalue weighted by Crippen LogP contribution is -2.38. The molecular formula is C12H20F3N3O2. The number of rotatable bonds is 6. The molecule has 0 spiro atoms. The SMILES string of the molecule is CN(Cc1cnn(C)c1C(F)(F)F)CC(C)(CO)CO. The standard InChI is InChI=1S/C12H20F3N3O2/c1-11(7-19,8-20)6-17(2)5-9-4-16-18(3)10(9)12(13,14)15/h4,19-20H,5-8H2,1-3H3. The fourth-order valence-electron chi connectivity index (χ4n) is 2.11. The van der Waals surface area contributed by atoms with E-state index >= 15 is 0 Å². The summed E-state index contributed by atoms with van der Waals surface area (Å²) in [6.45, 7) is 1.49. The molecule has 0 saturated carbocycles. The topological polar surface area (TPSA) is 61.5 Å². The fraction of sp³-hybridized carbons (Fsp3) is 0.750. The van der Waals surface area contributed by atoms with Crippen LogP contribution in [0.3, 0.4) is 0 Å². The summed E-state index contributed by atoms with van der Waals surface area (Å²) in [5, 5.41) is 22.1. The van der Waals surface area contributed by atoms with Crippen LogP contribution in [0.1, 0.15) is 18.2 Å². The van der Waals surface area contributed by atoms with Gasteiger partial charge in [0, 0.05) is 31.1 Å². The highest BCUT2D eigenvalue weighted by Crippen LogP contribution is 2.32. The molecule has 0 aliphatic rings. The van der Waals surface area contributed by atoms with Crippen LogP contribution >= 0.6 is 0 Å². The van der Waals surface area contributed by atoms with Crippen LogP contribution < -0.4 is 0 Å². The van der Waals surface area contributed by atoms with E-state index < -0.39 is 17.3 Å². The van der Waals surface area contributed by atoms with Gasteiger partial charge in [-0.25, -0.2) is 0 Å². The minimum Gasteiger partial charge on any atom is -0.396 e. The van der Waals surface area contributed by atoms with E-state index in [2.05, 4.69) is 5.10 Å². The van der Waals surface area contributed by atoms with E-state index in [9.17, 15) is 23.4 Å². The third-order valence-corrected chi connectivity index (χ3v) is 3.14. The molecule has 20 heavy (non-hydrogen) atoms. The Morgan fingerprint density at radius 2 is 1.85 bits per heavy atom. The number of nitrogens with zero attached hydrogens (tertiary/aromatic N) is 3. The molecule has 0 bridgehead atoms. The van der Waals surface area contributed by atoms with Gasteiger partial charge in [-0.2, -0.15) is 18.3 Å². The summed E-state index contributed by atoms with van der Waals surface area (Å²) in [6.07, 6.45) is -3.27. The van der Waals surface area contributed by atoms with Gasteiger partial charge >= 0.3 is 6.18 Å². The van der Waals surface area contributed by atoms with E-state index in [1.807, 2.05) is 0 Å². The summed E-state index contributed by atoms with van der Waals surface area (Å²) in [5.41, 5.74) is -1.46. The van der Waals surface area contributed by atoms with Crippen LogP contribution in [0.25, 0.3) is 0 Å². The average molecular weight is 295 g/mol. The first-order chi connectivity index (χ1) is 9.13. The van der Waals surface area contributed by atoms with Crippen LogP contribution in [0, 0.1) is 5.41 Å². The summed E-state index contributed by atoms with van der Waals surface area (Å²) < 4.78 is 39.5. The molecule has 0 radical (unpaired) electrons. The molecule has 2 N–H and O–H groups in total. The second-order valence-electron chi connectivity index (χ2n) is 5.44. The van der Waals surface area contributed by atoms with Crippen molar-refractivity contribution in [3.05, 3.63) is 17.5 Å². The zero-order valence-electron chi connectivity index (χ0n) is 11.8. The maximum Gasteiger partial charge on any atom is 0.433 e. The largest absolute Gasteiger partial charge is 0.433 e. The van der Waals surface area contributed by atoms with Crippen molar-refractivity contribution in [2.24, 2.45) is 12.5 Å². The highest BCUT2D eigenvalue weighted by molar-refractivity contribution is 5.20. The van der Waals surface area contributed by atoms with Crippen LogP contribution in [0.5, 0.6) is 0 Å². The van der Waals surface area contributed by atoms with Crippen molar-refractivity contribution in [2.45, 2.75) is 19.6 Å². The predicted octanol–water partition coefficient (Wildman–Crippen LogP) is 0.862. The lowest BCUT2D eigenvalue weighted by molar-refractivity contribution is -0.144. The van der Waals surface area contributed by atoms with Gasteiger partial charge in [-0.3, -0.25) is 4.68 Å². The van der Waals surface area contributed by atoms with Crippen molar-refractivity contribution in [3.8, 4) is 0 Å². The molecule has 0 fully saturated rings. The van der Waals surface area contributed by atoms with Crippen LogP contribution in [0.2, 0.25) is 0 Å². The van der Waals surface area contributed by atoms with Gasteiger partial charge in [-0.1, -0.05) is 6.92 Å². The Kier molecular flexibility index (Phi) is 5.17. The number of halogens is 3. The summed E-state index contributed by atoms with van der Waals surface area (Å²) >= 11 is 0. The molecule has 0 aliphatic carbocycles. The number of aliphatic hydroxyl groups excluding tert-OH is 2. The maximum absolute atomic E-state index is 12.9. The van der Waals surface area contributed by atoms with E-state index in [1.54, 1.807) is 18.9 Å². The van der Waals surface area contributed by atoms with Gasteiger partial charge in [0.2, 0.25) is 0 Å². The monoisotopic (exact) mass is 295 g/mol. The van der Waals surface area contributed by atoms with E-state index in [-0.39, 0.29) is 31.9 Å². The number of hydrogen-bond donors (Lipinski definition) is 2. The zero-order chi connectivity index (χ0) is 15.6. The minimum absolute atomic E-state index is 0.0400. The van der Waals surface area contributed by atoms with E-state index in [0.717, 1.165) is 4.68 Å². The molecule has 0 saturated heterocycles. The lowest BCUT2D eigenvalue weighted by atomic mass is 9.92. The molecule has 1 aromatic heterocycles. The molecule has 0 unspecified atom stereocenters. The van der Waals surface area contributed by atoms with Gasteiger partial charge in [0.05, 0.1) is 19.4 Å². The molecular weight excluding hydrogens is 275 g/mol. The summed E-state index contributed by atoms with van der Waals surface area (Å²) in [6, 6.07) is 0. The van der Waals surface area contributed by atoms with Crippen molar-refractivity contribution in [1.82, 2.24) is 14.7 Å². The first-order valence-corrected chi connectivity index (χ1v) is 6.11. The normalized spacial score (nSPS) is 13.2. The van der Waals surface area contributed by atoms with Crippen LogP contribution in [-0.4, -0.2) is 51.7 Å². The number of hydrogen-bond acceptors (Lipinski definition) is 4. The van der Waals surface area contributed by atoms with Crippen molar-refractivity contribution < 1.29 is 23.4 Å². The van der Waals surface area contributed by atoms with Gasteiger partial charge in [-0.15, -0.1) is 0 Å². The van der Waals surface area contributed by atoms with Gasteiger partial charge in [0.15, 0.2) is 0 Å². The number of alkyl halides is 3. The Morgan fingerprint density at radius 3 is 2.30 bits per heavy atom. The Labute approximate surface area is 115 Å². The molecule has 116 valence electrons. The molecule has 0 aromatic carbocycles. The van der Waals surface area contributed by atoms with Crippen LogP contribution in [0.15, 0.2) is 6.20 Å². The van der Waals surface area contributed by atoms with E-state index in [4.69, 9.17) is 0 Å². The third-order valence-electron chi connectivity index (χ3n) is 3.14. The smallest absolute Gasteiger partial charge is 0.396 e. The summed E-state index contributed by atoms with van der Waals surface area (Å²) in [5.74, 6) is 0. The van der Waals surface area contributed by atoms with Crippen molar-refractivity contribution >= 4 is 0 Å². The van der Waals surface area contributed by atoms with Gasteiger partial charge in [-0.05, 0) is 7.05 Å². The number of aliphatic hydroxyl groups is 2. The van der Waals surface area contributed by atoms with Gasteiger partial charge in [0.1, 0.15) is 5.69 Å². The second kappa shape index (κ2) is 6.11. The Hall–Kier alpha value is -1.12. The average Bonchev–Trinajstić information content (AvgIpc) is 2.69. The highest BCUT2D eigenvalue weighted by Gasteiger charge is 2.37. The number of aromatic nitrogens is 2. The predicted molar refractivity (Wildman–Crippen MR) is 66.8 cm³/mol. The highest BCUT2D eigenvalue weighted by atomic mass is 19.4. The van der Waals surface area contributed by atoms with Crippen molar-refractivity contribution in [3.63, 3.8) is 0 Å². The third kappa shape index (κ3) is 3.94. The minimum atomic E-state index is -4.46.